The number of pyridine rings is 1. The summed E-state index contributed by atoms with van der Waals surface area (Å²) in [6.07, 6.45) is 24.3. The number of hydrogen-bond donors (Lipinski definition) is 0. The van der Waals surface area contributed by atoms with Gasteiger partial charge in [-0.2, -0.15) is 0 Å². The van der Waals surface area contributed by atoms with Crippen molar-refractivity contribution in [1.29, 1.82) is 0 Å². The molecular formula is C93H92N4. The average molecular weight is 1270 g/mol. The number of unbranched alkanes of at least 4 members (excludes halogenated alkanes) is 12. The largest absolute Gasteiger partial charge is 0.248 e. The summed E-state index contributed by atoms with van der Waals surface area (Å²) >= 11 is 0. The highest BCUT2D eigenvalue weighted by Gasteiger charge is 2.52. The van der Waals surface area contributed by atoms with Crippen LogP contribution in [0.4, 0.5) is 0 Å². The molecule has 4 heteroatoms. The number of benzene rings is 10. The summed E-state index contributed by atoms with van der Waals surface area (Å²) in [6.45, 7) is 11.6. The highest BCUT2D eigenvalue weighted by atomic mass is 15.0. The number of fused-ring (bicyclic) bond motifs is 14. The monoisotopic (exact) mass is 1260 g/mol. The molecule has 2 heterocycles. The van der Waals surface area contributed by atoms with Gasteiger partial charge in [0.05, 0.1) is 16.6 Å². The number of aromatic nitrogens is 4. The van der Waals surface area contributed by atoms with E-state index in [0.29, 0.717) is 17.5 Å². The topological polar surface area (TPSA) is 51.6 Å². The van der Waals surface area contributed by atoms with E-state index in [0.717, 1.165) is 64.5 Å². The lowest BCUT2D eigenvalue weighted by Gasteiger charge is -2.31. The summed E-state index contributed by atoms with van der Waals surface area (Å²) in [5.74, 6) is 1.95. The van der Waals surface area contributed by atoms with Crippen LogP contribution >= 0.6 is 0 Å². The van der Waals surface area contributed by atoms with Crippen LogP contribution in [0.3, 0.4) is 0 Å². The first-order valence-corrected chi connectivity index (χ1v) is 37.0. The fraction of sp³-hybridized carbons (Fsp3) is 0.290. The van der Waals surface area contributed by atoms with Crippen molar-refractivity contribution in [1.82, 2.24) is 19.9 Å². The zero-order valence-electron chi connectivity index (χ0n) is 57.8. The molecule has 0 aliphatic heterocycles. The van der Waals surface area contributed by atoms with Crippen molar-refractivity contribution < 1.29 is 0 Å². The van der Waals surface area contributed by atoms with E-state index in [2.05, 4.69) is 259 Å². The van der Waals surface area contributed by atoms with E-state index in [-0.39, 0.29) is 0 Å². The summed E-state index contributed by atoms with van der Waals surface area (Å²) < 4.78 is 0. The Bertz CT molecular complexity index is 4680. The molecule has 1 spiro atoms. The van der Waals surface area contributed by atoms with E-state index in [9.17, 15) is 0 Å². The van der Waals surface area contributed by atoms with Gasteiger partial charge in [0, 0.05) is 33.1 Å². The van der Waals surface area contributed by atoms with Gasteiger partial charge in [0.25, 0.3) is 0 Å². The van der Waals surface area contributed by atoms with Crippen molar-refractivity contribution in [2.75, 3.05) is 0 Å². The molecule has 2 aromatic heterocycles. The predicted octanol–water partition coefficient (Wildman–Crippen LogP) is 24.9. The van der Waals surface area contributed by atoms with Gasteiger partial charge in [-0.3, -0.25) is 0 Å². The van der Waals surface area contributed by atoms with Crippen molar-refractivity contribution in [3.63, 3.8) is 0 Å². The molecule has 15 rings (SSSR count). The van der Waals surface area contributed by atoms with E-state index in [1.807, 2.05) is 0 Å². The molecule has 1 unspecified atom stereocenters. The van der Waals surface area contributed by atoms with E-state index >= 15 is 0 Å². The van der Waals surface area contributed by atoms with Crippen molar-refractivity contribution in [3.05, 3.63) is 286 Å². The minimum Gasteiger partial charge on any atom is -0.248 e. The third kappa shape index (κ3) is 12.0. The van der Waals surface area contributed by atoms with E-state index in [1.54, 1.807) is 0 Å². The van der Waals surface area contributed by atoms with Crippen LogP contribution in [0.15, 0.2) is 224 Å². The van der Waals surface area contributed by atoms with Crippen molar-refractivity contribution >= 4 is 10.9 Å². The van der Waals surface area contributed by atoms with Crippen LogP contribution in [-0.4, -0.2) is 19.9 Å². The second-order valence-electron chi connectivity index (χ2n) is 28.3. The fourth-order valence-electron chi connectivity index (χ4n) is 16.7. The van der Waals surface area contributed by atoms with Crippen molar-refractivity contribution in [2.45, 2.75) is 174 Å². The normalized spacial score (nSPS) is 14.4. The maximum atomic E-state index is 5.92. The van der Waals surface area contributed by atoms with Gasteiger partial charge in [-0.15, -0.1) is 0 Å². The Kier molecular flexibility index (Phi) is 18.4. The Morgan fingerprint density at radius 3 is 1.23 bits per heavy atom. The third-order valence-corrected chi connectivity index (χ3v) is 21.9. The number of rotatable bonds is 26. The minimum absolute atomic E-state index is 0.433. The molecule has 1 atom stereocenters. The first kappa shape index (κ1) is 63.7. The third-order valence-electron chi connectivity index (χ3n) is 21.9. The summed E-state index contributed by atoms with van der Waals surface area (Å²) in [7, 11) is 0. The molecule has 0 bridgehead atoms. The van der Waals surface area contributed by atoms with Gasteiger partial charge in [0.15, 0.2) is 17.5 Å². The Labute approximate surface area is 576 Å². The molecule has 0 N–H and O–H groups in total. The van der Waals surface area contributed by atoms with Gasteiger partial charge < -0.3 is 0 Å². The lowest BCUT2D eigenvalue weighted by molar-refractivity contribution is 0.661. The van der Waals surface area contributed by atoms with Gasteiger partial charge >= 0.3 is 0 Å². The molecular weight excluding hydrogens is 1170 g/mol. The van der Waals surface area contributed by atoms with Crippen molar-refractivity contribution in [2.24, 2.45) is 0 Å². The second-order valence-corrected chi connectivity index (χ2v) is 28.3. The highest BCUT2D eigenvalue weighted by Crippen LogP contribution is 2.64. The van der Waals surface area contributed by atoms with E-state index in [4.69, 9.17) is 19.9 Å². The molecule has 10 aromatic carbocycles. The summed E-state index contributed by atoms with van der Waals surface area (Å²) in [5.41, 5.74) is 29.6. The molecule has 97 heavy (non-hydrogen) atoms. The second kappa shape index (κ2) is 28.0. The fourth-order valence-corrected chi connectivity index (χ4v) is 16.7. The van der Waals surface area contributed by atoms with E-state index < -0.39 is 10.8 Å². The Morgan fingerprint density at radius 2 is 0.701 bits per heavy atom. The van der Waals surface area contributed by atoms with Crippen LogP contribution in [0.2, 0.25) is 0 Å². The lowest BCUT2D eigenvalue weighted by atomic mass is 9.70. The van der Waals surface area contributed by atoms with Gasteiger partial charge in [0.2, 0.25) is 0 Å². The Hall–Kier alpha value is -9.38. The first-order chi connectivity index (χ1) is 47.8. The van der Waals surface area contributed by atoms with Crippen molar-refractivity contribution in [3.8, 4) is 89.9 Å². The van der Waals surface area contributed by atoms with Crippen LogP contribution in [0.1, 0.15) is 199 Å². The van der Waals surface area contributed by atoms with Gasteiger partial charge in [0.1, 0.15) is 0 Å². The van der Waals surface area contributed by atoms with Gasteiger partial charge in [-0.1, -0.05) is 299 Å². The molecule has 3 aliphatic carbocycles. The molecule has 3 aliphatic rings. The zero-order valence-corrected chi connectivity index (χ0v) is 57.8. The molecule has 0 radical (unpaired) electrons. The highest BCUT2D eigenvalue weighted by molar-refractivity contribution is 6.02. The lowest BCUT2D eigenvalue weighted by Crippen LogP contribution is -2.26. The van der Waals surface area contributed by atoms with Crippen LogP contribution in [0.25, 0.3) is 101 Å². The molecule has 0 saturated carbocycles. The number of aryl methyl sites for hydroxylation is 4. The molecule has 0 amide bonds. The Balaban J connectivity index is 0.933. The molecule has 12 aromatic rings. The molecule has 0 saturated heterocycles. The molecule has 484 valence electrons. The van der Waals surface area contributed by atoms with E-state index in [1.165, 1.54) is 208 Å². The van der Waals surface area contributed by atoms with Crippen LogP contribution < -0.4 is 0 Å². The SMILES string of the molecule is CCCCCCc1ccc(-c2nc(-c3ccc(CCCCCC)cc3)nc(-c3cc(-c4ccc5c(c4)C4(c6ccccc6-c6ccccc64)c4cc(-c6cc(CCCCCC)cc(CCCCCC)c6)ccc4-5)nc4cc5c(cc34)-c3ccccc3C5(C)c3ccccc3)n2)cc1. The maximum Gasteiger partial charge on any atom is 0.164 e. The number of hydrogen-bond acceptors (Lipinski definition) is 4. The minimum atomic E-state index is -0.595. The summed E-state index contributed by atoms with van der Waals surface area (Å²) in [5, 5.41) is 1.01. The molecule has 0 fully saturated rings. The average Bonchev–Trinajstić information content (AvgIpc) is 1.51. The van der Waals surface area contributed by atoms with Gasteiger partial charge in [-0.05, 0) is 194 Å². The number of nitrogens with zero attached hydrogens (tertiary/aromatic N) is 4. The van der Waals surface area contributed by atoms with Gasteiger partial charge in [-0.25, -0.2) is 19.9 Å². The summed E-state index contributed by atoms with van der Waals surface area (Å²) in [4.78, 5) is 22.6. The maximum absolute atomic E-state index is 5.92. The van der Waals surface area contributed by atoms with Crippen LogP contribution in [0, 0.1) is 0 Å². The first-order valence-electron chi connectivity index (χ1n) is 37.0. The quantitative estimate of drug-likeness (QED) is 0.0507. The van der Waals surface area contributed by atoms with Crippen LogP contribution in [-0.2, 0) is 36.5 Å². The zero-order chi connectivity index (χ0) is 65.9. The molecule has 4 nitrogen and oxygen atoms in total. The smallest absolute Gasteiger partial charge is 0.164 e. The predicted molar refractivity (Wildman–Crippen MR) is 407 cm³/mol. The van der Waals surface area contributed by atoms with Crippen LogP contribution in [0.5, 0.6) is 0 Å². The Morgan fingerprint density at radius 1 is 0.268 bits per heavy atom. The standard InChI is InChI=1S/C93H92N4/c1-6-10-14-19-31-63-43-47-67(48-44-63)89-95-90(68-49-45-64(46-50-68)32-20-15-11-7-2)97-91(96-89)80-61-87(94-88-62-84-78(60-79(80)88)75-39-25-28-40-81(75)92(84,5)72-35-23-18-24-36-72)70-52-54-77-76-53-51-69(71-56-65(33-21-16-12-8-3)55-66(57-71)34-22-17-13-9-4)58-85(76)93(86(77)59-70)82-41-29-26-37-73(82)74-38-27-30-42-83(74)93/h18,23-30,35-62H,6-17,19-22,31-34H2,1-5H3. The summed E-state index contributed by atoms with van der Waals surface area (Å²) in [6, 6.07) is 85.9.